The van der Waals surface area contributed by atoms with Crippen molar-refractivity contribution >= 4 is 28.3 Å². The van der Waals surface area contributed by atoms with Crippen molar-refractivity contribution in [3.05, 3.63) is 70.6 Å². The van der Waals surface area contributed by atoms with Gasteiger partial charge >= 0.3 is 5.97 Å². The lowest BCUT2D eigenvalue weighted by atomic mass is 10.1. The van der Waals surface area contributed by atoms with E-state index in [9.17, 15) is 9.59 Å². The van der Waals surface area contributed by atoms with E-state index >= 15 is 0 Å². The van der Waals surface area contributed by atoms with Gasteiger partial charge in [0.2, 0.25) is 0 Å². The van der Waals surface area contributed by atoms with Crippen LogP contribution in [0, 0.1) is 11.3 Å². The summed E-state index contributed by atoms with van der Waals surface area (Å²) in [7, 11) is 0. The first-order valence-corrected chi connectivity index (χ1v) is 9.95. The molecule has 1 amide bonds. The van der Waals surface area contributed by atoms with E-state index in [0.717, 1.165) is 17.7 Å². The van der Waals surface area contributed by atoms with E-state index < -0.39 is 18.0 Å². The van der Waals surface area contributed by atoms with Gasteiger partial charge in [0.15, 0.2) is 11.2 Å². The number of carbonyl (C=O) groups excluding carboxylic acids is 2. The number of aromatic nitrogens is 1. The van der Waals surface area contributed by atoms with Crippen molar-refractivity contribution in [2.24, 2.45) is 0 Å². The van der Waals surface area contributed by atoms with Crippen LogP contribution in [-0.4, -0.2) is 23.0 Å². The lowest BCUT2D eigenvalue weighted by Crippen LogP contribution is -2.29. The SMILES string of the molecule is CCc1ccc(-c2csc(NC(=O)[C@H](C)OC(=O)c3ccc(C#N)cc3)n2)cc1. The number of hydrogen-bond acceptors (Lipinski definition) is 6. The van der Waals surface area contributed by atoms with Crippen LogP contribution in [0.2, 0.25) is 0 Å². The number of nitriles is 1. The first kappa shape index (κ1) is 20.2. The topological polar surface area (TPSA) is 92.1 Å². The fourth-order valence-corrected chi connectivity index (χ4v) is 3.27. The molecule has 1 aromatic heterocycles. The minimum atomic E-state index is -0.991. The van der Waals surface area contributed by atoms with E-state index in [1.165, 1.54) is 48.1 Å². The Morgan fingerprint density at radius 3 is 2.48 bits per heavy atom. The number of amides is 1. The Balaban J connectivity index is 1.59. The van der Waals surface area contributed by atoms with Crippen LogP contribution < -0.4 is 5.32 Å². The zero-order chi connectivity index (χ0) is 20.8. The number of nitrogens with one attached hydrogen (secondary N) is 1. The number of carbonyl (C=O) groups is 2. The van der Waals surface area contributed by atoms with Crippen LogP contribution in [0.5, 0.6) is 0 Å². The second kappa shape index (κ2) is 9.13. The highest BCUT2D eigenvalue weighted by Crippen LogP contribution is 2.25. The van der Waals surface area contributed by atoms with Crippen LogP contribution in [0.4, 0.5) is 5.13 Å². The summed E-state index contributed by atoms with van der Waals surface area (Å²) in [6.45, 7) is 3.59. The minimum absolute atomic E-state index is 0.274. The number of hydrogen-bond donors (Lipinski definition) is 1. The molecular formula is C22H19N3O3S. The smallest absolute Gasteiger partial charge is 0.338 e. The van der Waals surface area contributed by atoms with Gasteiger partial charge in [-0.05, 0) is 43.2 Å². The van der Waals surface area contributed by atoms with E-state index in [4.69, 9.17) is 10.00 Å². The highest BCUT2D eigenvalue weighted by Gasteiger charge is 2.20. The third-order valence-electron chi connectivity index (χ3n) is 4.30. The van der Waals surface area contributed by atoms with Crippen molar-refractivity contribution in [2.75, 3.05) is 5.32 Å². The minimum Gasteiger partial charge on any atom is -0.449 e. The molecule has 0 unspecified atom stereocenters. The molecule has 0 radical (unpaired) electrons. The molecule has 1 atom stereocenters. The van der Waals surface area contributed by atoms with Crippen LogP contribution in [0.15, 0.2) is 53.9 Å². The summed E-state index contributed by atoms with van der Waals surface area (Å²) in [6, 6.07) is 16.1. The second-order valence-electron chi connectivity index (χ2n) is 6.31. The average molecular weight is 405 g/mol. The van der Waals surface area contributed by atoms with Gasteiger partial charge in [-0.15, -0.1) is 11.3 Å². The van der Waals surface area contributed by atoms with Crippen LogP contribution in [0.25, 0.3) is 11.3 Å². The number of esters is 1. The summed E-state index contributed by atoms with van der Waals surface area (Å²) in [6.07, 6.45) is -0.0214. The van der Waals surface area contributed by atoms with Gasteiger partial charge in [0.25, 0.3) is 5.91 Å². The van der Waals surface area contributed by atoms with Crippen molar-refractivity contribution in [3.8, 4) is 17.3 Å². The summed E-state index contributed by atoms with van der Waals surface area (Å²) in [5.74, 6) is -1.10. The molecule has 0 aliphatic carbocycles. The summed E-state index contributed by atoms with van der Waals surface area (Å²) in [5.41, 5.74) is 3.71. The van der Waals surface area contributed by atoms with Gasteiger partial charge in [0.05, 0.1) is 22.9 Å². The van der Waals surface area contributed by atoms with Gasteiger partial charge in [0, 0.05) is 10.9 Å². The molecule has 0 spiro atoms. The first-order chi connectivity index (χ1) is 14.0. The number of nitrogens with zero attached hydrogens (tertiary/aromatic N) is 2. The van der Waals surface area contributed by atoms with Gasteiger partial charge in [-0.25, -0.2) is 9.78 Å². The highest BCUT2D eigenvalue weighted by atomic mass is 32.1. The molecule has 0 saturated carbocycles. The van der Waals surface area contributed by atoms with Crippen molar-refractivity contribution in [1.82, 2.24) is 4.98 Å². The lowest BCUT2D eigenvalue weighted by Gasteiger charge is -2.12. The zero-order valence-corrected chi connectivity index (χ0v) is 16.8. The van der Waals surface area contributed by atoms with E-state index in [-0.39, 0.29) is 5.56 Å². The number of benzene rings is 2. The molecule has 0 fully saturated rings. The normalized spacial score (nSPS) is 11.3. The molecule has 29 heavy (non-hydrogen) atoms. The monoisotopic (exact) mass is 405 g/mol. The average Bonchev–Trinajstić information content (AvgIpc) is 3.22. The fraction of sp³-hybridized carbons (Fsp3) is 0.182. The first-order valence-electron chi connectivity index (χ1n) is 9.07. The molecule has 146 valence electrons. The van der Waals surface area contributed by atoms with Gasteiger partial charge in [-0.1, -0.05) is 31.2 Å². The van der Waals surface area contributed by atoms with Crippen molar-refractivity contribution in [3.63, 3.8) is 0 Å². The molecule has 1 heterocycles. The third kappa shape index (κ3) is 5.06. The van der Waals surface area contributed by atoms with Gasteiger partial charge < -0.3 is 4.74 Å². The van der Waals surface area contributed by atoms with Crippen molar-refractivity contribution < 1.29 is 14.3 Å². The molecule has 2 aromatic carbocycles. The molecule has 0 aliphatic heterocycles. The van der Waals surface area contributed by atoms with Crippen molar-refractivity contribution in [1.29, 1.82) is 5.26 Å². The predicted molar refractivity (Wildman–Crippen MR) is 112 cm³/mol. The maximum atomic E-state index is 12.3. The Labute approximate surface area is 172 Å². The molecule has 1 N–H and O–H groups in total. The molecule has 3 aromatic rings. The third-order valence-corrected chi connectivity index (χ3v) is 5.05. The molecule has 0 aliphatic rings. The Morgan fingerprint density at radius 2 is 1.86 bits per heavy atom. The molecule has 3 rings (SSSR count). The van der Waals surface area contributed by atoms with Gasteiger partial charge in [0.1, 0.15) is 0 Å². The predicted octanol–water partition coefficient (Wildman–Crippen LogP) is 4.43. The van der Waals surface area contributed by atoms with Gasteiger partial charge in [-0.3, -0.25) is 10.1 Å². The van der Waals surface area contributed by atoms with E-state index in [1.807, 2.05) is 23.6 Å². The van der Waals surface area contributed by atoms with E-state index in [0.29, 0.717) is 10.7 Å². The number of anilines is 1. The van der Waals surface area contributed by atoms with E-state index in [1.54, 1.807) is 0 Å². The van der Waals surface area contributed by atoms with E-state index in [2.05, 4.69) is 29.4 Å². The Morgan fingerprint density at radius 1 is 1.17 bits per heavy atom. The van der Waals surface area contributed by atoms with Crippen LogP contribution in [0.3, 0.4) is 0 Å². The largest absolute Gasteiger partial charge is 0.449 e. The second-order valence-corrected chi connectivity index (χ2v) is 7.17. The Hall–Kier alpha value is -3.50. The summed E-state index contributed by atoms with van der Waals surface area (Å²) >= 11 is 1.31. The summed E-state index contributed by atoms with van der Waals surface area (Å²) in [4.78, 5) is 28.9. The number of ether oxygens (including phenoxy) is 1. The molecular weight excluding hydrogens is 386 g/mol. The molecule has 6 nitrogen and oxygen atoms in total. The standard InChI is InChI=1S/C22H19N3O3S/c1-3-15-4-8-17(9-5-15)19-13-29-22(24-19)25-20(26)14(2)28-21(27)18-10-6-16(12-23)7-11-18/h4-11,13-14H,3H2,1-2H3,(H,24,25,26)/t14-/m0/s1. The maximum Gasteiger partial charge on any atom is 0.338 e. The molecule has 7 heteroatoms. The maximum absolute atomic E-state index is 12.3. The molecule has 0 saturated heterocycles. The number of thiazole rings is 1. The summed E-state index contributed by atoms with van der Waals surface area (Å²) in [5, 5.41) is 13.8. The Kier molecular flexibility index (Phi) is 6.37. The van der Waals surface area contributed by atoms with Crippen LogP contribution in [0.1, 0.15) is 35.3 Å². The fourth-order valence-electron chi connectivity index (χ4n) is 2.54. The van der Waals surface area contributed by atoms with Gasteiger partial charge in [-0.2, -0.15) is 5.26 Å². The quantitative estimate of drug-likeness (QED) is 0.613. The van der Waals surface area contributed by atoms with Crippen molar-refractivity contribution in [2.45, 2.75) is 26.4 Å². The molecule has 0 bridgehead atoms. The van der Waals surface area contributed by atoms with Crippen LogP contribution in [-0.2, 0) is 16.0 Å². The summed E-state index contributed by atoms with van der Waals surface area (Å²) < 4.78 is 5.20. The number of rotatable bonds is 6. The highest BCUT2D eigenvalue weighted by molar-refractivity contribution is 7.14. The van der Waals surface area contributed by atoms with Crippen LogP contribution >= 0.6 is 11.3 Å². The number of aryl methyl sites for hydroxylation is 1. The lowest BCUT2D eigenvalue weighted by molar-refractivity contribution is -0.123. The Bertz CT molecular complexity index is 1050. The zero-order valence-electron chi connectivity index (χ0n) is 16.0.